The minimum absolute atomic E-state index is 0.112. The number of carbonyl (C=O) groups is 2. The van der Waals surface area contributed by atoms with E-state index in [9.17, 15) is 22.8 Å². The van der Waals surface area contributed by atoms with Gasteiger partial charge in [0, 0.05) is 18.6 Å². The minimum Gasteiger partial charge on any atom is -0.481 e. The summed E-state index contributed by atoms with van der Waals surface area (Å²) < 4.78 is 38.5. The van der Waals surface area contributed by atoms with Crippen molar-refractivity contribution in [3.05, 3.63) is 28.8 Å². The number of hydrogen-bond donors (Lipinski definition) is 2. The highest BCUT2D eigenvalue weighted by Gasteiger charge is 2.34. The first-order chi connectivity index (χ1) is 9.61. The largest absolute Gasteiger partial charge is 0.481 e. The van der Waals surface area contributed by atoms with E-state index in [1.807, 2.05) is 0 Å². The Bertz CT molecular complexity index is 549. The zero-order valence-corrected chi connectivity index (χ0v) is 11.6. The fraction of sp³-hybridized carbons (Fsp3) is 0.333. The van der Waals surface area contributed by atoms with Gasteiger partial charge in [0.05, 0.1) is 17.7 Å². The lowest BCUT2D eigenvalue weighted by Gasteiger charge is -2.19. The maximum Gasteiger partial charge on any atom is 0.418 e. The Morgan fingerprint density at radius 1 is 1.38 bits per heavy atom. The highest BCUT2D eigenvalue weighted by atomic mass is 35.5. The van der Waals surface area contributed by atoms with E-state index in [1.54, 1.807) is 0 Å². The number of carbonyl (C=O) groups excluding carboxylic acids is 1. The van der Waals surface area contributed by atoms with Crippen molar-refractivity contribution in [1.29, 1.82) is 0 Å². The van der Waals surface area contributed by atoms with Gasteiger partial charge in [-0.25, -0.2) is 4.79 Å². The quantitative estimate of drug-likeness (QED) is 0.892. The van der Waals surface area contributed by atoms with E-state index in [1.165, 1.54) is 13.1 Å². The highest BCUT2D eigenvalue weighted by molar-refractivity contribution is 6.30. The maximum atomic E-state index is 12.8. The Morgan fingerprint density at radius 2 is 2.00 bits per heavy atom. The van der Waals surface area contributed by atoms with E-state index in [2.05, 4.69) is 5.32 Å². The summed E-state index contributed by atoms with van der Waals surface area (Å²) in [7, 11) is 1.28. The van der Waals surface area contributed by atoms with Crippen molar-refractivity contribution >= 4 is 29.3 Å². The molecule has 5 nitrogen and oxygen atoms in total. The Balaban J connectivity index is 2.88. The van der Waals surface area contributed by atoms with Crippen molar-refractivity contribution in [3.63, 3.8) is 0 Å². The number of amides is 2. The van der Waals surface area contributed by atoms with Crippen LogP contribution in [0, 0.1) is 0 Å². The first kappa shape index (κ1) is 17.1. The third-order valence-corrected chi connectivity index (χ3v) is 2.77. The molecule has 1 aromatic rings. The Hall–Kier alpha value is -1.96. The monoisotopic (exact) mass is 324 g/mol. The summed E-state index contributed by atoms with van der Waals surface area (Å²) in [5, 5.41) is 10.5. The molecule has 0 unspecified atom stereocenters. The van der Waals surface area contributed by atoms with Gasteiger partial charge in [0.1, 0.15) is 0 Å². The molecule has 0 aliphatic rings. The molecule has 0 fully saturated rings. The molecule has 0 heterocycles. The van der Waals surface area contributed by atoms with Crippen molar-refractivity contribution in [3.8, 4) is 0 Å². The lowest BCUT2D eigenvalue weighted by Crippen LogP contribution is -2.33. The standard InChI is InChI=1S/C12H12ClF3N2O3/c1-18(5-4-10(19)20)11(21)17-9-3-2-7(13)6-8(9)12(14,15)16/h2-3,6H,4-5H2,1H3,(H,17,21)(H,19,20). The van der Waals surface area contributed by atoms with E-state index >= 15 is 0 Å². The van der Waals surface area contributed by atoms with Crippen LogP contribution >= 0.6 is 11.6 Å². The van der Waals surface area contributed by atoms with Gasteiger partial charge in [-0.2, -0.15) is 13.2 Å². The van der Waals surface area contributed by atoms with Crippen LogP contribution in [0.3, 0.4) is 0 Å². The number of hydrogen-bond acceptors (Lipinski definition) is 2. The molecule has 2 N–H and O–H groups in total. The Labute approximate surface area is 123 Å². The average Bonchev–Trinajstić information content (AvgIpc) is 2.36. The molecule has 0 aromatic heterocycles. The molecule has 0 atom stereocenters. The lowest BCUT2D eigenvalue weighted by atomic mass is 10.1. The number of anilines is 1. The number of halogens is 4. The first-order valence-corrected chi connectivity index (χ1v) is 6.09. The van der Waals surface area contributed by atoms with E-state index in [0.717, 1.165) is 11.0 Å². The second-order valence-corrected chi connectivity index (χ2v) is 4.62. The van der Waals surface area contributed by atoms with Gasteiger partial charge in [-0.1, -0.05) is 11.6 Å². The number of aliphatic carboxylic acids is 1. The van der Waals surface area contributed by atoms with Gasteiger partial charge in [0.15, 0.2) is 0 Å². The van der Waals surface area contributed by atoms with Gasteiger partial charge < -0.3 is 15.3 Å². The van der Waals surface area contributed by atoms with E-state index in [4.69, 9.17) is 16.7 Å². The van der Waals surface area contributed by atoms with Crippen LogP contribution in [0.5, 0.6) is 0 Å². The molecule has 1 rings (SSSR count). The van der Waals surface area contributed by atoms with Crippen LogP contribution in [0.4, 0.5) is 23.7 Å². The summed E-state index contributed by atoms with van der Waals surface area (Å²) in [5.74, 6) is -1.11. The molecular formula is C12H12ClF3N2O3. The Kier molecular flexibility index (Phi) is 5.42. The number of benzene rings is 1. The van der Waals surface area contributed by atoms with E-state index < -0.39 is 29.4 Å². The molecule has 9 heteroatoms. The second-order valence-electron chi connectivity index (χ2n) is 4.18. The van der Waals surface area contributed by atoms with Crippen LogP contribution in [0.25, 0.3) is 0 Å². The average molecular weight is 325 g/mol. The van der Waals surface area contributed by atoms with Crippen LogP contribution in [-0.2, 0) is 11.0 Å². The van der Waals surface area contributed by atoms with Crippen LogP contribution in [0.15, 0.2) is 18.2 Å². The number of nitrogens with zero attached hydrogens (tertiary/aromatic N) is 1. The summed E-state index contributed by atoms with van der Waals surface area (Å²) >= 11 is 5.52. The summed E-state index contributed by atoms with van der Waals surface area (Å²) in [6, 6.07) is 2.11. The Morgan fingerprint density at radius 3 is 2.52 bits per heavy atom. The van der Waals surface area contributed by atoms with Crippen molar-refractivity contribution < 1.29 is 27.9 Å². The summed E-state index contributed by atoms with van der Waals surface area (Å²) in [5.41, 5.74) is -1.52. The van der Waals surface area contributed by atoms with Crippen molar-refractivity contribution in [1.82, 2.24) is 4.90 Å². The fourth-order valence-electron chi connectivity index (χ4n) is 1.44. The van der Waals surface area contributed by atoms with Crippen LogP contribution < -0.4 is 5.32 Å². The van der Waals surface area contributed by atoms with Crippen LogP contribution in [0.2, 0.25) is 5.02 Å². The molecule has 0 saturated carbocycles. The molecule has 0 radical (unpaired) electrons. The third-order valence-electron chi connectivity index (χ3n) is 2.54. The molecule has 0 saturated heterocycles. The molecule has 0 aliphatic carbocycles. The molecule has 0 spiro atoms. The number of carboxylic acids is 1. The number of nitrogens with one attached hydrogen (secondary N) is 1. The summed E-state index contributed by atoms with van der Waals surface area (Å²) in [4.78, 5) is 23.1. The minimum atomic E-state index is -4.67. The third kappa shape index (κ3) is 5.14. The van der Waals surface area contributed by atoms with Crippen molar-refractivity contribution in [2.75, 3.05) is 18.9 Å². The maximum absolute atomic E-state index is 12.8. The number of alkyl halides is 3. The molecular weight excluding hydrogens is 313 g/mol. The second kappa shape index (κ2) is 6.66. The predicted octanol–water partition coefficient (Wildman–Crippen LogP) is 3.30. The SMILES string of the molecule is CN(CCC(=O)O)C(=O)Nc1ccc(Cl)cc1C(F)(F)F. The molecule has 1 aromatic carbocycles. The molecule has 116 valence electrons. The first-order valence-electron chi connectivity index (χ1n) is 5.72. The lowest BCUT2D eigenvalue weighted by molar-refractivity contribution is -0.137. The zero-order chi connectivity index (χ0) is 16.2. The van der Waals surface area contributed by atoms with Gasteiger partial charge in [-0.05, 0) is 18.2 Å². The normalized spacial score (nSPS) is 11.1. The van der Waals surface area contributed by atoms with E-state index in [-0.39, 0.29) is 18.0 Å². The molecule has 2 amide bonds. The van der Waals surface area contributed by atoms with Crippen molar-refractivity contribution in [2.45, 2.75) is 12.6 Å². The number of rotatable bonds is 4. The summed E-state index contributed by atoms with van der Waals surface area (Å²) in [6.45, 7) is -0.129. The topological polar surface area (TPSA) is 69.6 Å². The fourth-order valence-corrected chi connectivity index (χ4v) is 1.61. The van der Waals surface area contributed by atoms with Gasteiger partial charge in [0.25, 0.3) is 0 Å². The zero-order valence-electron chi connectivity index (χ0n) is 10.9. The van der Waals surface area contributed by atoms with Crippen LogP contribution in [-0.4, -0.2) is 35.6 Å². The number of carboxylic acid groups (broad SMARTS) is 1. The van der Waals surface area contributed by atoms with Gasteiger partial charge >= 0.3 is 18.2 Å². The van der Waals surface area contributed by atoms with Gasteiger partial charge in [-0.15, -0.1) is 0 Å². The smallest absolute Gasteiger partial charge is 0.418 e. The summed E-state index contributed by atoms with van der Waals surface area (Å²) in [6.07, 6.45) is -4.98. The molecule has 0 bridgehead atoms. The van der Waals surface area contributed by atoms with Gasteiger partial charge in [0.2, 0.25) is 0 Å². The molecule has 0 aliphatic heterocycles. The predicted molar refractivity (Wildman–Crippen MR) is 70.4 cm³/mol. The van der Waals surface area contributed by atoms with Gasteiger partial charge in [-0.3, -0.25) is 4.79 Å². The highest BCUT2D eigenvalue weighted by Crippen LogP contribution is 2.36. The number of urea groups is 1. The van der Waals surface area contributed by atoms with Crippen LogP contribution in [0.1, 0.15) is 12.0 Å². The van der Waals surface area contributed by atoms with Crippen molar-refractivity contribution in [2.24, 2.45) is 0 Å². The molecule has 21 heavy (non-hydrogen) atoms. The van der Waals surface area contributed by atoms with E-state index in [0.29, 0.717) is 6.07 Å².